The SMILES string of the molecule is Cc1ncsc1CN(C)c1ccccc1. The maximum absolute atomic E-state index is 4.26. The van der Waals surface area contributed by atoms with Crippen molar-refractivity contribution in [1.82, 2.24) is 4.98 Å². The van der Waals surface area contributed by atoms with Gasteiger partial charge in [-0.1, -0.05) is 18.2 Å². The molecule has 1 aromatic heterocycles. The van der Waals surface area contributed by atoms with Gasteiger partial charge < -0.3 is 4.90 Å². The van der Waals surface area contributed by atoms with Crippen molar-refractivity contribution in [2.45, 2.75) is 13.5 Å². The first-order valence-electron chi connectivity index (χ1n) is 4.92. The zero-order chi connectivity index (χ0) is 10.7. The van der Waals surface area contributed by atoms with Crippen LogP contribution in [0.5, 0.6) is 0 Å². The van der Waals surface area contributed by atoms with Crippen LogP contribution in [-0.4, -0.2) is 12.0 Å². The third kappa shape index (κ3) is 2.36. The molecule has 0 fully saturated rings. The molecule has 1 aromatic carbocycles. The molecular weight excluding hydrogens is 204 g/mol. The Bertz CT molecular complexity index is 422. The first-order valence-corrected chi connectivity index (χ1v) is 5.80. The Morgan fingerprint density at radius 2 is 2.00 bits per heavy atom. The van der Waals surface area contributed by atoms with Crippen LogP contribution in [0.1, 0.15) is 10.6 Å². The van der Waals surface area contributed by atoms with Gasteiger partial charge in [0.2, 0.25) is 0 Å². The summed E-state index contributed by atoms with van der Waals surface area (Å²) < 4.78 is 0. The predicted octanol–water partition coefficient (Wildman–Crippen LogP) is 3.09. The van der Waals surface area contributed by atoms with E-state index in [9.17, 15) is 0 Å². The van der Waals surface area contributed by atoms with Crippen molar-refractivity contribution in [3.05, 3.63) is 46.4 Å². The molecule has 0 spiro atoms. The molecule has 0 saturated heterocycles. The molecule has 0 bridgehead atoms. The number of benzene rings is 1. The molecule has 0 radical (unpaired) electrons. The monoisotopic (exact) mass is 218 g/mol. The molecule has 0 atom stereocenters. The standard InChI is InChI=1S/C12H14N2S/c1-10-12(15-9-13-10)8-14(2)11-6-4-3-5-7-11/h3-7,9H,8H2,1-2H3. The highest BCUT2D eigenvalue weighted by atomic mass is 32.1. The van der Waals surface area contributed by atoms with Crippen molar-refractivity contribution in [3.63, 3.8) is 0 Å². The summed E-state index contributed by atoms with van der Waals surface area (Å²) in [6.07, 6.45) is 0. The molecule has 0 amide bonds. The lowest BCUT2D eigenvalue weighted by atomic mass is 10.3. The van der Waals surface area contributed by atoms with E-state index < -0.39 is 0 Å². The van der Waals surface area contributed by atoms with Gasteiger partial charge in [-0.25, -0.2) is 4.98 Å². The summed E-state index contributed by atoms with van der Waals surface area (Å²) in [6.45, 7) is 2.99. The third-order valence-corrected chi connectivity index (χ3v) is 3.34. The van der Waals surface area contributed by atoms with E-state index in [1.54, 1.807) is 11.3 Å². The van der Waals surface area contributed by atoms with Crippen molar-refractivity contribution in [1.29, 1.82) is 0 Å². The largest absolute Gasteiger partial charge is 0.369 e. The zero-order valence-electron chi connectivity index (χ0n) is 8.97. The van der Waals surface area contributed by atoms with Crippen LogP contribution in [0.4, 0.5) is 5.69 Å². The van der Waals surface area contributed by atoms with Crippen LogP contribution >= 0.6 is 11.3 Å². The number of hydrogen-bond acceptors (Lipinski definition) is 3. The van der Waals surface area contributed by atoms with Crippen LogP contribution in [0.3, 0.4) is 0 Å². The van der Waals surface area contributed by atoms with Gasteiger partial charge in [0.25, 0.3) is 0 Å². The number of nitrogens with zero attached hydrogens (tertiary/aromatic N) is 2. The van der Waals surface area contributed by atoms with E-state index in [4.69, 9.17) is 0 Å². The molecule has 15 heavy (non-hydrogen) atoms. The van der Waals surface area contributed by atoms with E-state index in [0.717, 1.165) is 12.2 Å². The second kappa shape index (κ2) is 4.45. The van der Waals surface area contributed by atoms with Crippen molar-refractivity contribution in [2.24, 2.45) is 0 Å². The van der Waals surface area contributed by atoms with Crippen molar-refractivity contribution >= 4 is 17.0 Å². The zero-order valence-corrected chi connectivity index (χ0v) is 9.79. The van der Waals surface area contributed by atoms with E-state index >= 15 is 0 Å². The van der Waals surface area contributed by atoms with Crippen LogP contribution < -0.4 is 4.90 Å². The molecule has 0 unspecified atom stereocenters. The van der Waals surface area contributed by atoms with E-state index in [1.807, 2.05) is 11.6 Å². The summed E-state index contributed by atoms with van der Waals surface area (Å²) in [5.41, 5.74) is 4.29. The number of para-hydroxylation sites is 1. The smallest absolute Gasteiger partial charge is 0.0798 e. The highest BCUT2D eigenvalue weighted by molar-refractivity contribution is 7.09. The van der Waals surface area contributed by atoms with Gasteiger partial charge in [-0.15, -0.1) is 11.3 Å². The minimum absolute atomic E-state index is 0.931. The highest BCUT2D eigenvalue weighted by Gasteiger charge is 2.05. The summed E-state index contributed by atoms with van der Waals surface area (Å²) in [5.74, 6) is 0. The molecule has 78 valence electrons. The van der Waals surface area contributed by atoms with Gasteiger partial charge in [0.1, 0.15) is 0 Å². The predicted molar refractivity (Wildman–Crippen MR) is 65.4 cm³/mol. The van der Waals surface area contributed by atoms with Crippen LogP contribution in [-0.2, 0) is 6.54 Å². The lowest BCUT2D eigenvalue weighted by molar-refractivity contribution is 0.926. The maximum Gasteiger partial charge on any atom is 0.0798 e. The topological polar surface area (TPSA) is 16.1 Å². The minimum atomic E-state index is 0.931. The summed E-state index contributed by atoms with van der Waals surface area (Å²) >= 11 is 1.72. The summed E-state index contributed by atoms with van der Waals surface area (Å²) in [4.78, 5) is 7.83. The second-order valence-electron chi connectivity index (χ2n) is 3.55. The first-order chi connectivity index (χ1) is 7.27. The lowest BCUT2D eigenvalue weighted by Crippen LogP contribution is -2.15. The molecule has 2 aromatic rings. The molecule has 0 aliphatic carbocycles. The van der Waals surface area contributed by atoms with Crippen LogP contribution in [0.2, 0.25) is 0 Å². The fraction of sp³-hybridized carbons (Fsp3) is 0.250. The van der Waals surface area contributed by atoms with Gasteiger partial charge >= 0.3 is 0 Å². The highest BCUT2D eigenvalue weighted by Crippen LogP contribution is 2.18. The molecule has 2 rings (SSSR count). The average Bonchev–Trinajstić information content (AvgIpc) is 2.66. The molecule has 1 heterocycles. The second-order valence-corrected chi connectivity index (χ2v) is 4.49. The Morgan fingerprint density at radius 1 is 1.27 bits per heavy atom. The fourth-order valence-electron chi connectivity index (χ4n) is 1.47. The van der Waals surface area contributed by atoms with Crippen LogP contribution in [0.15, 0.2) is 35.8 Å². The molecule has 0 aliphatic rings. The Morgan fingerprint density at radius 3 is 2.60 bits per heavy atom. The molecular formula is C12H14N2S. The van der Waals surface area contributed by atoms with Gasteiger partial charge in [-0.3, -0.25) is 0 Å². The molecule has 0 saturated carbocycles. The van der Waals surface area contributed by atoms with Gasteiger partial charge in [0.15, 0.2) is 0 Å². The molecule has 0 N–H and O–H groups in total. The van der Waals surface area contributed by atoms with Crippen molar-refractivity contribution in [3.8, 4) is 0 Å². The molecule has 3 heteroatoms. The van der Waals surface area contributed by atoms with E-state index in [-0.39, 0.29) is 0 Å². The Balaban J connectivity index is 2.11. The maximum atomic E-state index is 4.26. The quantitative estimate of drug-likeness (QED) is 0.787. The first kappa shape index (κ1) is 10.2. The number of thiazole rings is 1. The van der Waals surface area contributed by atoms with Crippen LogP contribution in [0.25, 0.3) is 0 Å². The Labute approximate surface area is 94.2 Å². The van der Waals surface area contributed by atoms with Crippen LogP contribution in [0, 0.1) is 6.92 Å². The normalized spacial score (nSPS) is 10.3. The summed E-state index contributed by atoms with van der Waals surface area (Å²) in [5, 5.41) is 0. The fourth-order valence-corrected chi connectivity index (χ4v) is 2.30. The minimum Gasteiger partial charge on any atom is -0.369 e. The van der Waals surface area contributed by atoms with E-state index in [2.05, 4.69) is 48.1 Å². The average molecular weight is 218 g/mol. The number of anilines is 1. The number of aromatic nitrogens is 1. The summed E-state index contributed by atoms with van der Waals surface area (Å²) in [7, 11) is 2.11. The van der Waals surface area contributed by atoms with Crippen molar-refractivity contribution < 1.29 is 0 Å². The van der Waals surface area contributed by atoms with Gasteiger partial charge in [-0.05, 0) is 19.1 Å². The number of rotatable bonds is 3. The van der Waals surface area contributed by atoms with Gasteiger partial charge in [0.05, 0.1) is 17.7 Å². The van der Waals surface area contributed by atoms with Gasteiger partial charge in [-0.2, -0.15) is 0 Å². The van der Waals surface area contributed by atoms with E-state index in [1.165, 1.54) is 10.6 Å². The molecule has 0 aliphatic heterocycles. The third-order valence-electron chi connectivity index (χ3n) is 2.42. The number of hydrogen-bond donors (Lipinski definition) is 0. The summed E-state index contributed by atoms with van der Waals surface area (Å²) in [6, 6.07) is 10.4. The molecule has 2 nitrogen and oxygen atoms in total. The van der Waals surface area contributed by atoms with Crippen molar-refractivity contribution in [2.75, 3.05) is 11.9 Å². The van der Waals surface area contributed by atoms with E-state index in [0.29, 0.717) is 0 Å². The number of aryl methyl sites for hydroxylation is 1. The Kier molecular flexibility index (Phi) is 3.02. The Hall–Kier alpha value is -1.35. The van der Waals surface area contributed by atoms with Gasteiger partial charge in [0, 0.05) is 17.6 Å². The lowest BCUT2D eigenvalue weighted by Gasteiger charge is -2.18.